The van der Waals surface area contributed by atoms with Gasteiger partial charge >= 0.3 is 0 Å². The molecule has 2 aromatic rings. The Kier molecular flexibility index (Phi) is 5.26. The van der Waals surface area contributed by atoms with E-state index in [2.05, 4.69) is 11.2 Å². The molecule has 0 atom stereocenters. The molecule has 0 unspecified atom stereocenters. The van der Waals surface area contributed by atoms with Crippen molar-refractivity contribution in [3.63, 3.8) is 0 Å². The summed E-state index contributed by atoms with van der Waals surface area (Å²) in [6, 6.07) is 6.29. The van der Waals surface area contributed by atoms with Gasteiger partial charge in [0.2, 0.25) is 0 Å². The minimum Gasteiger partial charge on any atom is -0.479 e. The first-order chi connectivity index (χ1) is 11.3. The number of halogens is 1. The molecule has 0 spiro atoms. The second-order valence-corrected chi connectivity index (χ2v) is 7.06. The SMILES string of the molecule is C#CCOc1ccc(F)cc1NC(=O)c1ccc(CS(C)(=O)=O)o1. The molecular formula is C16H14FNO5S. The smallest absolute Gasteiger partial charge is 0.291 e. The Balaban J connectivity index is 2.18. The van der Waals surface area contributed by atoms with Crippen LogP contribution in [0, 0.1) is 18.2 Å². The number of nitrogens with one attached hydrogen (secondary N) is 1. The minimum absolute atomic E-state index is 0.0479. The van der Waals surface area contributed by atoms with Gasteiger partial charge in [-0.15, -0.1) is 6.42 Å². The van der Waals surface area contributed by atoms with Crippen molar-refractivity contribution in [2.45, 2.75) is 5.75 Å². The fourth-order valence-electron chi connectivity index (χ4n) is 1.87. The molecule has 0 saturated carbocycles. The Hall–Kier alpha value is -2.79. The molecule has 8 heteroatoms. The van der Waals surface area contributed by atoms with Gasteiger partial charge in [-0.25, -0.2) is 12.8 Å². The molecule has 1 aromatic carbocycles. The molecule has 0 radical (unpaired) electrons. The third kappa shape index (κ3) is 4.86. The van der Waals surface area contributed by atoms with Gasteiger partial charge in [-0.05, 0) is 24.3 Å². The number of carbonyl (C=O) groups is 1. The number of ether oxygens (including phenoxy) is 1. The zero-order valence-electron chi connectivity index (χ0n) is 12.7. The summed E-state index contributed by atoms with van der Waals surface area (Å²) in [5, 5.41) is 2.44. The fraction of sp³-hybridized carbons (Fsp3) is 0.188. The number of carbonyl (C=O) groups excluding carboxylic acids is 1. The Morgan fingerprint density at radius 2 is 2.12 bits per heavy atom. The van der Waals surface area contributed by atoms with Crippen LogP contribution in [0.15, 0.2) is 34.7 Å². The molecule has 1 heterocycles. The van der Waals surface area contributed by atoms with Crippen LogP contribution in [0.5, 0.6) is 5.75 Å². The molecule has 0 aliphatic heterocycles. The first kappa shape index (κ1) is 17.6. The van der Waals surface area contributed by atoms with Crippen LogP contribution in [-0.4, -0.2) is 27.2 Å². The van der Waals surface area contributed by atoms with Crippen molar-refractivity contribution < 1.29 is 26.8 Å². The molecule has 1 aromatic heterocycles. The summed E-state index contributed by atoms with van der Waals surface area (Å²) in [7, 11) is -3.28. The molecule has 1 N–H and O–H groups in total. The van der Waals surface area contributed by atoms with Crippen LogP contribution < -0.4 is 10.1 Å². The zero-order valence-corrected chi connectivity index (χ0v) is 13.5. The molecule has 0 bridgehead atoms. The highest BCUT2D eigenvalue weighted by Gasteiger charge is 2.16. The Bertz CT molecular complexity index is 895. The maximum atomic E-state index is 13.4. The Labute approximate surface area is 138 Å². The predicted octanol–water partition coefficient (Wildman–Crippen LogP) is 2.23. The lowest BCUT2D eigenvalue weighted by molar-refractivity contribution is 0.0994. The van der Waals surface area contributed by atoms with Gasteiger partial charge in [-0.1, -0.05) is 5.92 Å². The van der Waals surface area contributed by atoms with E-state index in [1.54, 1.807) is 0 Å². The molecule has 1 amide bonds. The number of anilines is 1. The number of benzene rings is 1. The zero-order chi connectivity index (χ0) is 17.7. The average Bonchev–Trinajstić information content (AvgIpc) is 2.93. The molecule has 6 nitrogen and oxygen atoms in total. The Morgan fingerprint density at radius 1 is 1.38 bits per heavy atom. The van der Waals surface area contributed by atoms with E-state index in [-0.39, 0.29) is 35.3 Å². The lowest BCUT2D eigenvalue weighted by Gasteiger charge is -2.10. The molecule has 126 valence electrons. The fourth-order valence-corrected chi connectivity index (χ4v) is 2.54. The summed E-state index contributed by atoms with van der Waals surface area (Å²) in [6.07, 6.45) is 6.15. The van der Waals surface area contributed by atoms with E-state index in [0.29, 0.717) is 0 Å². The van der Waals surface area contributed by atoms with Crippen molar-refractivity contribution in [1.29, 1.82) is 0 Å². The van der Waals surface area contributed by atoms with Crippen molar-refractivity contribution in [1.82, 2.24) is 0 Å². The van der Waals surface area contributed by atoms with Crippen LogP contribution in [0.4, 0.5) is 10.1 Å². The van der Waals surface area contributed by atoms with Crippen molar-refractivity contribution in [2.75, 3.05) is 18.2 Å². The summed E-state index contributed by atoms with van der Waals surface area (Å²) in [4.78, 5) is 12.2. The first-order valence-corrected chi connectivity index (χ1v) is 8.78. The number of hydrogen-bond acceptors (Lipinski definition) is 5. The van der Waals surface area contributed by atoms with Crippen LogP contribution in [0.3, 0.4) is 0 Å². The van der Waals surface area contributed by atoms with Crippen LogP contribution in [0.1, 0.15) is 16.3 Å². The number of rotatable bonds is 6. The van der Waals surface area contributed by atoms with Crippen molar-refractivity contribution in [3.05, 3.63) is 47.7 Å². The largest absolute Gasteiger partial charge is 0.479 e. The molecular weight excluding hydrogens is 337 g/mol. The predicted molar refractivity (Wildman–Crippen MR) is 85.9 cm³/mol. The third-order valence-electron chi connectivity index (χ3n) is 2.79. The van der Waals surface area contributed by atoms with Crippen molar-refractivity contribution in [3.8, 4) is 18.1 Å². The van der Waals surface area contributed by atoms with Crippen molar-refractivity contribution >= 4 is 21.4 Å². The topological polar surface area (TPSA) is 85.6 Å². The maximum absolute atomic E-state index is 13.4. The van der Waals surface area contributed by atoms with Gasteiger partial charge in [0.05, 0.1) is 5.69 Å². The van der Waals surface area contributed by atoms with Gasteiger partial charge in [0, 0.05) is 12.3 Å². The monoisotopic (exact) mass is 351 g/mol. The van der Waals surface area contributed by atoms with E-state index in [1.807, 2.05) is 0 Å². The maximum Gasteiger partial charge on any atom is 0.291 e. The summed E-state index contributed by atoms with van der Waals surface area (Å²) >= 11 is 0. The molecule has 0 saturated heterocycles. The van der Waals surface area contributed by atoms with E-state index in [0.717, 1.165) is 12.3 Å². The number of amides is 1. The lowest BCUT2D eigenvalue weighted by atomic mass is 10.2. The van der Waals surface area contributed by atoms with Gasteiger partial charge in [0.15, 0.2) is 15.6 Å². The quantitative estimate of drug-likeness (QED) is 0.807. The minimum atomic E-state index is -3.28. The van der Waals surface area contributed by atoms with Gasteiger partial charge < -0.3 is 14.5 Å². The lowest BCUT2D eigenvalue weighted by Crippen LogP contribution is -2.12. The third-order valence-corrected chi connectivity index (χ3v) is 3.60. The normalized spacial score (nSPS) is 10.9. The van der Waals surface area contributed by atoms with Gasteiger partial charge in [0.25, 0.3) is 5.91 Å². The van der Waals surface area contributed by atoms with Crippen LogP contribution >= 0.6 is 0 Å². The van der Waals surface area contributed by atoms with E-state index in [1.165, 1.54) is 24.3 Å². The number of terminal acetylenes is 1. The second kappa shape index (κ2) is 7.19. The number of furan rings is 1. The number of hydrogen-bond donors (Lipinski definition) is 1. The van der Waals surface area contributed by atoms with E-state index in [4.69, 9.17) is 15.6 Å². The van der Waals surface area contributed by atoms with Crippen LogP contribution in [0.25, 0.3) is 0 Å². The molecule has 24 heavy (non-hydrogen) atoms. The van der Waals surface area contributed by atoms with Crippen LogP contribution in [-0.2, 0) is 15.6 Å². The summed E-state index contributed by atoms with van der Waals surface area (Å²) in [6.45, 7) is -0.0479. The summed E-state index contributed by atoms with van der Waals surface area (Å²) < 4.78 is 46.2. The summed E-state index contributed by atoms with van der Waals surface area (Å²) in [5.41, 5.74) is 0.0799. The highest BCUT2D eigenvalue weighted by molar-refractivity contribution is 7.89. The number of sulfone groups is 1. The second-order valence-electron chi connectivity index (χ2n) is 4.92. The van der Waals surface area contributed by atoms with Crippen LogP contribution in [0.2, 0.25) is 0 Å². The van der Waals surface area contributed by atoms with Crippen molar-refractivity contribution in [2.24, 2.45) is 0 Å². The van der Waals surface area contributed by atoms with E-state index >= 15 is 0 Å². The standard InChI is InChI=1S/C16H14FNO5S/c1-3-8-22-14-6-4-11(17)9-13(14)18-16(19)15-7-5-12(23-15)10-24(2,20)21/h1,4-7,9H,8,10H2,2H3,(H,18,19). The van der Waals surface area contributed by atoms with Gasteiger partial charge in [-0.3, -0.25) is 4.79 Å². The average molecular weight is 351 g/mol. The van der Waals surface area contributed by atoms with Gasteiger partial charge in [0.1, 0.15) is 29.7 Å². The van der Waals surface area contributed by atoms with E-state index < -0.39 is 21.6 Å². The van der Waals surface area contributed by atoms with E-state index in [9.17, 15) is 17.6 Å². The van der Waals surface area contributed by atoms with Gasteiger partial charge in [-0.2, -0.15) is 0 Å². The highest BCUT2D eigenvalue weighted by Crippen LogP contribution is 2.26. The molecule has 2 rings (SSSR count). The highest BCUT2D eigenvalue weighted by atomic mass is 32.2. The molecule has 0 aliphatic rings. The Morgan fingerprint density at radius 3 is 2.79 bits per heavy atom. The molecule has 0 aliphatic carbocycles. The first-order valence-electron chi connectivity index (χ1n) is 6.72. The molecule has 0 fully saturated rings. The summed E-state index contributed by atoms with van der Waals surface area (Å²) in [5.74, 6) is 0.912.